The highest BCUT2D eigenvalue weighted by atomic mass is 35.5. The molecular formula is C22H20ClFN2O4S. The van der Waals surface area contributed by atoms with E-state index in [2.05, 4.69) is 5.32 Å². The lowest BCUT2D eigenvalue weighted by atomic mass is 10.1. The lowest BCUT2D eigenvalue weighted by molar-refractivity contribution is 0.0951. The molecule has 1 saturated carbocycles. The molecular weight excluding hydrogens is 443 g/mol. The van der Waals surface area contributed by atoms with Gasteiger partial charge in [0, 0.05) is 23.2 Å². The Balaban J connectivity index is 1.59. The van der Waals surface area contributed by atoms with E-state index in [-0.39, 0.29) is 30.1 Å². The number of nitrogens with one attached hydrogen (secondary N) is 1. The first-order chi connectivity index (χ1) is 14.8. The fraction of sp³-hybridized carbons (Fsp3) is 0.227. The van der Waals surface area contributed by atoms with Crippen LogP contribution in [0.4, 0.5) is 4.39 Å². The Morgan fingerprint density at radius 2 is 1.87 bits per heavy atom. The third-order valence-corrected chi connectivity index (χ3v) is 6.97. The van der Waals surface area contributed by atoms with Crippen molar-refractivity contribution < 1.29 is 22.0 Å². The van der Waals surface area contributed by atoms with Crippen molar-refractivity contribution in [1.29, 1.82) is 0 Å². The van der Waals surface area contributed by atoms with Gasteiger partial charge in [-0.2, -0.15) is 4.31 Å². The topological polar surface area (TPSA) is 79.6 Å². The van der Waals surface area contributed by atoms with Crippen molar-refractivity contribution in [2.24, 2.45) is 0 Å². The average Bonchev–Trinajstić information content (AvgIpc) is 3.39. The highest BCUT2D eigenvalue weighted by Gasteiger charge is 2.29. The van der Waals surface area contributed by atoms with E-state index in [0.29, 0.717) is 16.9 Å². The molecule has 0 unspecified atom stereocenters. The Morgan fingerprint density at radius 3 is 2.48 bits per heavy atom. The van der Waals surface area contributed by atoms with E-state index in [1.165, 1.54) is 12.3 Å². The molecule has 1 amide bonds. The molecule has 9 heteroatoms. The fourth-order valence-electron chi connectivity index (χ4n) is 3.09. The Labute approximate surface area is 184 Å². The molecule has 0 atom stereocenters. The summed E-state index contributed by atoms with van der Waals surface area (Å²) in [7, 11) is -4.20. The molecule has 2 aromatic carbocycles. The first-order valence-corrected chi connectivity index (χ1v) is 11.5. The third kappa shape index (κ3) is 5.15. The number of furan rings is 1. The summed E-state index contributed by atoms with van der Waals surface area (Å²) in [6.45, 7) is -0.114. The summed E-state index contributed by atoms with van der Waals surface area (Å²) in [4.78, 5) is 11.7. The van der Waals surface area contributed by atoms with E-state index in [4.69, 9.17) is 16.0 Å². The summed E-state index contributed by atoms with van der Waals surface area (Å²) >= 11 is 5.77. The van der Waals surface area contributed by atoms with Crippen LogP contribution in [0, 0.1) is 5.82 Å². The zero-order valence-electron chi connectivity index (χ0n) is 16.4. The van der Waals surface area contributed by atoms with Crippen LogP contribution in [0.15, 0.2) is 70.2 Å². The Hall–Kier alpha value is -2.68. The first-order valence-electron chi connectivity index (χ1n) is 9.70. The van der Waals surface area contributed by atoms with Crippen LogP contribution in [0.5, 0.6) is 0 Å². The van der Waals surface area contributed by atoms with Gasteiger partial charge in [-0.1, -0.05) is 23.7 Å². The number of carbonyl (C=O) groups is 1. The van der Waals surface area contributed by atoms with Crippen LogP contribution < -0.4 is 5.32 Å². The van der Waals surface area contributed by atoms with Crippen LogP contribution in [0.25, 0.3) is 0 Å². The number of benzene rings is 2. The number of nitrogens with zero attached hydrogens (tertiary/aromatic N) is 1. The van der Waals surface area contributed by atoms with Crippen LogP contribution in [0.2, 0.25) is 5.02 Å². The minimum absolute atomic E-state index is 0.0321. The zero-order chi connectivity index (χ0) is 22.0. The zero-order valence-corrected chi connectivity index (χ0v) is 18.0. The van der Waals surface area contributed by atoms with E-state index < -0.39 is 20.7 Å². The molecule has 0 radical (unpaired) electrons. The van der Waals surface area contributed by atoms with Gasteiger partial charge in [0.15, 0.2) is 0 Å². The van der Waals surface area contributed by atoms with Crippen molar-refractivity contribution in [3.63, 3.8) is 0 Å². The van der Waals surface area contributed by atoms with E-state index >= 15 is 0 Å². The molecule has 3 aromatic rings. The van der Waals surface area contributed by atoms with Gasteiger partial charge in [-0.3, -0.25) is 4.79 Å². The smallest absolute Gasteiger partial charge is 0.251 e. The summed E-state index contributed by atoms with van der Waals surface area (Å²) in [6.07, 6.45) is 3.42. The number of hydrogen-bond donors (Lipinski definition) is 1. The van der Waals surface area contributed by atoms with E-state index in [1.54, 1.807) is 36.4 Å². The van der Waals surface area contributed by atoms with Gasteiger partial charge in [-0.15, -0.1) is 0 Å². The normalized spacial score (nSPS) is 14.0. The highest BCUT2D eigenvalue weighted by Crippen LogP contribution is 2.26. The standard InChI is InChI=1S/C22H20ClFN2O4S/c23-17-7-10-21(20(24)12-17)31(28,29)26(14-19-2-1-11-30-19)13-15-3-5-16(6-4-15)22(27)25-18-8-9-18/h1-7,10-12,18H,8-9,13-14H2,(H,25,27). The van der Waals surface area contributed by atoms with Gasteiger partial charge in [-0.05, 0) is 60.9 Å². The SMILES string of the molecule is O=C(NC1CC1)c1ccc(CN(Cc2ccco2)S(=O)(=O)c2ccc(Cl)cc2F)cc1. The molecule has 1 aliphatic rings. The van der Waals surface area contributed by atoms with Crippen molar-refractivity contribution in [3.8, 4) is 0 Å². The summed E-state index contributed by atoms with van der Waals surface area (Å²) in [6, 6.07) is 13.6. The van der Waals surface area contributed by atoms with Crippen LogP contribution in [0.3, 0.4) is 0 Å². The predicted octanol–water partition coefficient (Wildman–Crippen LogP) is 4.36. The predicted molar refractivity (Wildman–Crippen MR) is 113 cm³/mol. The molecule has 1 aliphatic carbocycles. The number of amides is 1. The average molecular weight is 463 g/mol. The summed E-state index contributed by atoms with van der Waals surface area (Å²) in [5.74, 6) is -0.667. The molecule has 0 spiro atoms. The number of halogens is 2. The van der Waals surface area contributed by atoms with Gasteiger partial charge >= 0.3 is 0 Å². The maximum absolute atomic E-state index is 14.4. The molecule has 0 bridgehead atoms. The number of rotatable bonds is 8. The van der Waals surface area contributed by atoms with Crippen LogP contribution in [0.1, 0.15) is 34.5 Å². The van der Waals surface area contributed by atoms with Crippen LogP contribution >= 0.6 is 11.6 Å². The number of hydrogen-bond acceptors (Lipinski definition) is 4. The second-order valence-corrected chi connectivity index (χ2v) is 9.71. The molecule has 162 valence electrons. The molecule has 1 N–H and O–H groups in total. The van der Waals surface area contributed by atoms with Gasteiger partial charge in [-0.25, -0.2) is 12.8 Å². The minimum atomic E-state index is -4.20. The Morgan fingerprint density at radius 1 is 1.13 bits per heavy atom. The largest absolute Gasteiger partial charge is 0.468 e. The Bertz CT molecular complexity index is 1180. The summed E-state index contributed by atoms with van der Waals surface area (Å²) in [5, 5.41) is 3.01. The molecule has 31 heavy (non-hydrogen) atoms. The lowest BCUT2D eigenvalue weighted by Gasteiger charge is -2.22. The molecule has 1 aromatic heterocycles. The van der Waals surface area contributed by atoms with Crippen molar-refractivity contribution in [2.45, 2.75) is 36.9 Å². The number of carbonyl (C=O) groups excluding carboxylic acids is 1. The minimum Gasteiger partial charge on any atom is -0.468 e. The lowest BCUT2D eigenvalue weighted by Crippen LogP contribution is -2.31. The summed E-state index contributed by atoms with van der Waals surface area (Å²) in [5.41, 5.74) is 1.15. The van der Waals surface area contributed by atoms with Crippen molar-refractivity contribution in [1.82, 2.24) is 9.62 Å². The van der Waals surface area contributed by atoms with Gasteiger partial charge in [0.05, 0.1) is 12.8 Å². The van der Waals surface area contributed by atoms with E-state index in [0.717, 1.165) is 29.3 Å². The van der Waals surface area contributed by atoms with Gasteiger partial charge in [0.1, 0.15) is 16.5 Å². The Kier molecular flexibility index (Phi) is 6.13. The highest BCUT2D eigenvalue weighted by molar-refractivity contribution is 7.89. The second-order valence-electron chi connectivity index (χ2n) is 7.37. The second kappa shape index (κ2) is 8.82. The quantitative estimate of drug-likeness (QED) is 0.539. The summed E-state index contributed by atoms with van der Waals surface area (Å²) < 4.78 is 47.3. The molecule has 0 aliphatic heterocycles. The molecule has 4 rings (SSSR count). The third-order valence-electron chi connectivity index (χ3n) is 4.91. The van der Waals surface area contributed by atoms with Gasteiger partial charge in [0.25, 0.3) is 5.91 Å². The van der Waals surface area contributed by atoms with Crippen molar-refractivity contribution in [2.75, 3.05) is 0 Å². The maximum atomic E-state index is 14.4. The molecule has 0 saturated heterocycles. The first kappa shape index (κ1) is 21.5. The molecule has 6 nitrogen and oxygen atoms in total. The molecule has 1 fully saturated rings. The van der Waals surface area contributed by atoms with Gasteiger partial charge in [0.2, 0.25) is 10.0 Å². The maximum Gasteiger partial charge on any atom is 0.251 e. The van der Waals surface area contributed by atoms with Crippen LogP contribution in [-0.2, 0) is 23.1 Å². The monoisotopic (exact) mass is 462 g/mol. The van der Waals surface area contributed by atoms with Gasteiger partial charge < -0.3 is 9.73 Å². The van der Waals surface area contributed by atoms with Crippen molar-refractivity contribution in [3.05, 3.63) is 88.6 Å². The molecule has 1 heterocycles. The number of sulfonamides is 1. The van der Waals surface area contributed by atoms with E-state index in [1.807, 2.05) is 0 Å². The fourth-order valence-corrected chi connectivity index (χ4v) is 4.69. The van der Waals surface area contributed by atoms with E-state index in [9.17, 15) is 17.6 Å². The van der Waals surface area contributed by atoms with Crippen molar-refractivity contribution >= 4 is 27.5 Å². The van der Waals surface area contributed by atoms with Crippen LogP contribution in [-0.4, -0.2) is 24.7 Å².